The maximum absolute atomic E-state index is 13.1. The number of rotatable bonds is 4. The second-order valence-corrected chi connectivity index (χ2v) is 4.28. The molecule has 0 aromatic carbocycles. The molecule has 2 heterocycles. The van der Waals surface area contributed by atoms with Gasteiger partial charge in [0, 0.05) is 31.0 Å². The molecule has 0 aliphatic rings. The summed E-state index contributed by atoms with van der Waals surface area (Å²) in [5, 5.41) is 0. The summed E-state index contributed by atoms with van der Waals surface area (Å²) in [5.41, 5.74) is 4.09. The van der Waals surface area contributed by atoms with Crippen LogP contribution in [0.15, 0.2) is 38.9 Å². The number of H-pyrrole nitrogens is 1. The van der Waals surface area contributed by atoms with Crippen molar-refractivity contribution in [3.63, 3.8) is 0 Å². The van der Waals surface area contributed by atoms with E-state index in [1.54, 1.807) is 0 Å². The number of hydrogen-bond donors (Lipinski definition) is 2. The maximum Gasteiger partial charge on any atom is 0.328 e. The Kier molecular flexibility index (Phi) is 3.83. The first-order valence-electron chi connectivity index (χ1n) is 5.92. The minimum absolute atomic E-state index is 0.174. The highest BCUT2D eigenvalue weighted by atomic mass is 19.1. The Morgan fingerprint density at radius 1 is 1.10 bits per heavy atom. The lowest BCUT2D eigenvalue weighted by atomic mass is 10.3. The Morgan fingerprint density at radius 2 is 1.80 bits per heavy atom. The van der Waals surface area contributed by atoms with Gasteiger partial charge in [0.05, 0.1) is 6.20 Å². The maximum atomic E-state index is 13.1. The highest BCUT2D eigenvalue weighted by Crippen LogP contribution is 1.98. The molecular weight excluding hydrogens is 267 g/mol. The van der Waals surface area contributed by atoms with E-state index in [1.165, 1.54) is 22.9 Å². The van der Waals surface area contributed by atoms with Crippen molar-refractivity contribution in [1.82, 2.24) is 14.1 Å². The van der Waals surface area contributed by atoms with Gasteiger partial charge < -0.3 is 10.3 Å². The molecule has 0 aliphatic heterocycles. The number of nitrogens with two attached hydrogens (primary N) is 1. The Bertz CT molecular complexity index is 790. The summed E-state index contributed by atoms with van der Waals surface area (Å²) < 4.78 is 15.5. The van der Waals surface area contributed by atoms with Crippen LogP contribution < -0.4 is 22.5 Å². The van der Waals surface area contributed by atoms with E-state index in [9.17, 15) is 18.8 Å². The van der Waals surface area contributed by atoms with Crippen molar-refractivity contribution in [3.05, 3.63) is 61.5 Å². The van der Waals surface area contributed by atoms with Gasteiger partial charge in [-0.15, -0.1) is 0 Å². The van der Waals surface area contributed by atoms with Crippen LogP contribution in [0.5, 0.6) is 0 Å². The van der Waals surface area contributed by atoms with Gasteiger partial charge in [0.2, 0.25) is 5.82 Å². The molecule has 3 N–H and O–H groups in total. The number of pyridine rings is 1. The number of hydrogen-bond acceptors (Lipinski definition) is 4. The fraction of sp³-hybridized carbons (Fsp3) is 0.250. The number of anilines is 1. The number of nitrogens with one attached hydrogen (secondary N) is 1. The van der Waals surface area contributed by atoms with E-state index >= 15 is 0 Å². The summed E-state index contributed by atoms with van der Waals surface area (Å²) in [6, 6.07) is 2.85. The van der Waals surface area contributed by atoms with E-state index in [2.05, 4.69) is 0 Å². The minimum Gasteiger partial charge on any atom is -0.398 e. The average Bonchev–Trinajstić information content (AvgIpc) is 2.39. The molecule has 2 aromatic rings. The van der Waals surface area contributed by atoms with Crippen LogP contribution >= 0.6 is 0 Å². The summed E-state index contributed by atoms with van der Waals surface area (Å²) in [4.78, 5) is 35.6. The zero-order valence-electron chi connectivity index (χ0n) is 10.5. The van der Waals surface area contributed by atoms with Crippen LogP contribution in [0.25, 0.3) is 0 Å². The molecule has 0 atom stereocenters. The molecule has 0 aliphatic carbocycles. The molecular formula is C12H13FN4O3. The number of aryl methyl sites for hydroxylation is 2. The van der Waals surface area contributed by atoms with Crippen molar-refractivity contribution in [1.29, 1.82) is 0 Å². The van der Waals surface area contributed by atoms with E-state index in [4.69, 9.17) is 5.73 Å². The van der Waals surface area contributed by atoms with E-state index < -0.39 is 17.1 Å². The Hall–Kier alpha value is -2.64. The summed E-state index contributed by atoms with van der Waals surface area (Å²) in [5.74, 6) is -1.02. The van der Waals surface area contributed by atoms with Gasteiger partial charge in [0.25, 0.3) is 11.1 Å². The van der Waals surface area contributed by atoms with Gasteiger partial charge in [-0.05, 0) is 12.5 Å². The second kappa shape index (κ2) is 5.55. The summed E-state index contributed by atoms with van der Waals surface area (Å²) in [7, 11) is 0. The number of nitrogen functional groups attached to an aromatic ring is 1. The summed E-state index contributed by atoms with van der Waals surface area (Å²) in [6.45, 7) is 0.505. The molecule has 0 bridgehead atoms. The molecule has 0 radical (unpaired) electrons. The zero-order valence-corrected chi connectivity index (χ0v) is 10.5. The molecule has 0 saturated carbocycles. The summed E-state index contributed by atoms with van der Waals surface area (Å²) in [6.07, 6.45) is 2.76. The molecule has 0 spiro atoms. The van der Waals surface area contributed by atoms with Crippen molar-refractivity contribution >= 4 is 5.69 Å². The van der Waals surface area contributed by atoms with Crippen molar-refractivity contribution in [2.24, 2.45) is 0 Å². The topological polar surface area (TPSA) is 103 Å². The number of halogens is 1. The number of aromatic amines is 1. The van der Waals surface area contributed by atoms with Gasteiger partial charge >= 0.3 is 5.69 Å². The number of nitrogens with zero attached hydrogens (tertiary/aromatic N) is 2. The van der Waals surface area contributed by atoms with E-state index in [0.717, 1.165) is 10.8 Å². The monoisotopic (exact) mass is 280 g/mol. The highest BCUT2D eigenvalue weighted by molar-refractivity contribution is 5.33. The van der Waals surface area contributed by atoms with Crippen molar-refractivity contribution in [2.45, 2.75) is 19.5 Å². The first-order chi connectivity index (χ1) is 9.47. The first kappa shape index (κ1) is 13.8. The third-order valence-corrected chi connectivity index (χ3v) is 2.77. The van der Waals surface area contributed by atoms with Gasteiger partial charge in [0.15, 0.2) is 0 Å². The lowest BCUT2D eigenvalue weighted by molar-refractivity contribution is 0.508. The predicted molar refractivity (Wildman–Crippen MR) is 71.0 cm³/mol. The largest absolute Gasteiger partial charge is 0.398 e. The standard InChI is InChI=1S/C12H13FN4O3/c13-9-7-17(12(20)15-11(9)19)5-1-4-16-6-8(14)2-3-10(16)18/h2-3,6-7H,1,4-5,14H2,(H,15,19,20). The van der Waals surface area contributed by atoms with Crippen LogP contribution in [0.3, 0.4) is 0 Å². The zero-order chi connectivity index (χ0) is 14.7. The molecule has 20 heavy (non-hydrogen) atoms. The Labute approximate surface area is 112 Å². The predicted octanol–water partition coefficient (Wildman–Crippen LogP) is -0.490. The Morgan fingerprint density at radius 3 is 2.55 bits per heavy atom. The van der Waals surface area contributed by atoms with Gasteiger partial charge in [-0.2, -0.15) is 4.39 Å². The fourth-order valence-corrected chi connectivity index (χ4v) is 1.78. The van der Waals surface area contributed by atoms with Crippen molar-refractivity contribution in [2.75, 3.05) is 5.73 Å². The van der Waals surface area contributed by atoms with Crippen LogP contribution in [0.4, 0.5) is 10.1 Å². The van der Waals surface area contributed by atoms with E-state index in [1.807, 2.05) is 4.98 Å². The molecule has 2 aromatic heterocycles. The van der Waals surface area contributed by atoms with Crippen LogP contribution in [0.1, 0.15) is 6.42 Å². The lowest BCUT2D eigenvalue weighted by Crippen LogP contribution is -2.31. The van der Waals surface area contributed by atoms with E-state index in [-0.39, 0.29) is 12.1 Å². The molecule has 2 rings (SSSR count). The van der Waals surface area contributed by atoms with Crippen molar-refractivity contribution in [3.8, 4) is 0 Å². The molecule has 0 unspecified atom stereocenters. The molecule has 8 heteroatoms. The second-order valence-electron chi connectivity index (χ2n) is 4.28. The normalized spacial score (nSPS) is 10.7. The van der Waals surface area contributed by atoms with Crippen LogP contribution in [0, 0.1) is 5.82 Å². The third kappa shape index (κ3) is 3.02. The molecule has 0 amide bonds. The third-order valence-electron chi connectivity index (χ3n) is 2.77. The number of aromatic nitrogens is 3. The minimum atomic E-state index is -1.04. The SMILES string of the molecule is Nc1ccc(=O)n(CCCn2cc(F)c(=O)[nH]c2=O)c1. The van der Waals surface area contributed by atoms with Gasteiger partial charge in [-0.1, -0.05) is 0 Å². The van der Waals surface area contributed by atoms with Crippen LogP contribution in [-0.4, -0.2) is 14.1 Å². The van der Waals surface area contributed by atoms with Crippen molar-refractivity contribution < 1.29 is 4.39 Å². The van der Waals surface area contributed by atoms with Gasteiger partial charge in [-0.25, -0.2) is 4.79 Å². The van der Waals surface area contributed by atoms with Crippen LogP contribution in [0.2, 0.25) is 0 Å². The molecule has 0 saturated heterocycles. The van der Waals surface area contributed by atoms with Gasteiger partial charge in [0.1, 0.15) is 0 Å². The fourth-order valence-electron chi connectivity index (χ4n) is 1.78. The highest BCUT2D eigenvalue weighted by Gasteiger charge is 2.04. The molecule has 0 fully saturated rings. The average molecular weight is 280 g/mol. The molecule has 7 nitrogen and oxygen atoms in total. The first-order valence-corrected chi connectivity index (χ1v) is 5.92. The molecule has 106 valence electrons. The smallest absolute Gasteiger partial charge is 0.328 e. The quantitative estimate of drug-likeness (QED) is 0.788. The van der Waals surface area contributed by atoms with Gasteiger partial charge in [-0.3, -0.25) is 19.1 Å². The van der Waals surface area contributed by atoms with Crippen LogP contribution in [-0.2, 0) is 13.1 Å². The lowest BCUT2D eigenvalue weighted by Gasteiger charge is -2.07. The Balaban J connectivity index is 2.09. The summed E-state index contributed by atoms with van der Waals surface area (Å²) >= 11 is 0. The van der Waals surface area contributed by atoms with E-state index in [0.29, 0.717) is 18.7 Å².